The standard InChI is InChI=1S/C11H15N5O2S/c1-3-4-15-11(10(16(17)18)8(2)14-15)13-6-9-5-12-7-19-9/h5,7,13H,3-4,6H2,1-2H3. The zero-order valence-corrected chi connectivity index (χ0v) is 11.6. The molecule has 2 heterocycles. The van der Waals surface area contributed by atoms with Crippen LogP contribution in [0.15, 0.2) is 11.7 Å². The summed E-state index contributed by atoms with van der Waals surface area (Å²) < 4.78 is 1.66. The normalized spacial score (nSPS) is 10.6. The molecule has 0 saturated carbocycles. The van der Waals surface area contributed by atoms with Crippen molar-refractivity contribution in [3.8, 4) is 0 Å². The van der Waals surface area contributed by atoms with Crippen LogP contribution >= 0.6 is 11.3 Å². The maximum absolute atomic E-state index is 11.1. The minimum absolute atomic E-state index is 0.0537. The summed E-state index contributed by atoms with van der Waals surface area (Å²) >= 11 is 1.51. The molecule has 2 aromatic rings. The summed E-state index contributed by atoms with van der Waals surface area (Å²) in [7, 11) is 0. The van der Waals surface area contributed by atoms with Crippen LogP contribution in [0.25, 0.3) is 0 Å². The van der Waals surface area contributed by atoms with E-state index in [4.69, 9.17) is 0 Å². The Morgan fingerprint density at radius 3 is 2.95 bits per heavy atom. The van der Waals surface area contributed by atoms with Gasteiger partial charge in [-0.1, -0.05) is 6.92 Å². The average Bonchev–Trinajstić information content (AvgIpc) is 2.95. The topological polar surface area (TPSA) is 85.9 Å². The first kappa shape index (κ1) is 13.5. The molecule has 102 valence electrons. The second-order valence-electron chi connectivity index (χ2n) is 4.08. The SMILES string of the molecule is CCCn1nc(C)c([N+](=O)[O-])c1NCc1cncs1. The Morgan fingerprint density at radius 2 is 2.37 bits per heavy atom. The molecule has 0 atom stereocenters. The lowest BCUT2D eigenvalue weighted by molar-refractivity contribution is -0.384. The summed E-state index contributed by atoms with van der Waals surface area (Å²) in [5.74, 6) is 0.470. The van der Waals surface area contributed by atoms with Crippen molar-refractivity contribution in [1.82, 2.24) is 14.8 Å². The molecule has 0 radical (unpaired) electrons. The molecular weight excluding hydrogens is 266 g/mol. The van der Waals surface area contributed by atoms with Crippen LogP contribution in [0.2, 0.25) is 0 Å². The van der Waals surface area contributed by atoms with Crippen LogP contribution in [-0.4, -0.2) is 19.7 Å². The molecule has 0 aliphatic carbocycles. The Bertz CT molecular complexity index is 564. The molecule has 0 aliphatic heterocycles. The van der Waals surface area contributed by atoms with Gasteiger partial charge < -0.3 is 5.32 Å². The average molecular weight is 281 g/mol. The molecule has 0 aromatic carbocycles. The Hall–Kier alpha value is -1.96. The summed E-state index contributed by atoms with van der Waals surface area (Å²) in [6.07, 6.45) is 2.62. The maximum atomic E-state index is 11.1. The lowest BCUT2D eigenvalue weighted by Gasteiger charge is -2.07. The van der Waals surface area contributed by atoms with E-state index in [1.165, 1.54) is 11.3 Å². The molecule has 0 amide bonds. The molecule has 8 heteroatoms. The van der Waals surface area contributed by atoms with Crippen LogP contribution in [0.4, 0.5) is 11.5 Å². The van der Waals surface area contributed by atoms with Gasteiger partial charge in [0.05, 0.1) is 17.0 Å². The molecular formula is C11H15N5O2S. The van der Waals surface area contributed by atoms with Gasteiger partial charge in [-0.2, -0.15) is 5.10 Å². The van der Waals surface area contributed by atoms with Crippen molar-refractivity contribution < 1.29 is 4.92 Å². The van der Waals surface area contributed by atoms with E-state index < -0.39 is 0 Å². The Balaban J connectivity index is 2.27. The number of aromatic nitrogens is 3. The molecule has 0 fully saturated rings. The molecule has 19 heavy (non-hydrogen) atoms. The molecule has 0 aliphatic rings. The molecule has 0 bridgehead atoms. The van der Waals surface area contributed by atoms with Gasteiger partial charge in [0, 0.05) is 17.6 Å². The maximum Gasteiger partial charge on any atom is 0.333 e. The van der Waals surface area contributed by atoms with Gasteiger partial charge in [0.15, 0.2) is 0 Å². The molecule has 2 rings (SSSR count). The number of nitrogens with zero attached hydrogens (tertiary/aromatic N) is 4. The third kappa shape index (κ3) is 2.90. The van der Waals surface area contributed by atoms with E-state index in [1.54, 1.807) is 23.3 Å². The smallest absolute Gasteiger partial charge is 0.333 e. The number of anilines is 1. The Morgan fingerprint density at radius 1 is 1.58 bits per heavy atom. The predicted molar refractivity (Wildman–Crippen MR) is 73.4 cm³/mol. The highest BCUT2D eigenvalue weighted by Gasteiger charge is 2.24. The van der Waals surface area contributed by atoms with Crippen molar-refractivity contribution in [3.05, 3.63) is 32.4 Å². The fourth-order valence-corrected chi connectivity index (χ4v) is 2.37. The van der Waals surface area contributed by atoms with Crippen LogP contribution in [0.3, 0.4) is 0 Å². The summed E-state index contributed by atoms with van der Waals surface area (Å²) in [4.78, 5) is 15.7. The van der Waals surface area contributed by atoms with Gasteiger partial charge in [-0.05, 0) is 13.3 Å². The van der Waals surface area contributed by atoms with Gasteiger partial charge in [-0.3, -0.25) is 15.1 Å². The van der Waals surface area contributed by atoms with Crippen molar-refractivity contribution in [3.63, 3.8) is 0 Å². The number of aryl methyl sites for hydroxylation is 2. The minimum Gasteiger partial charge on any atom is -0.360 e. The van der Waals surface area contributed by atoms with Crippen molar-refractivity contribution in [1.29, 1.82) is 0 Å². The van der Waals surface area contributed by atoms with E-state index in [1.807, 2.05) is 6.92 Å². The first-order valence-electron chi connectivity index (χ1n) is 5.96. The molecule has 0 saturated heterocycles. The first-order chi connectivity index (χ1) is 9.13. The number of hydrogen-bond acceptors (Lipinski definition) is 6. The fourth-order valence-electron chi connectivity index (χ4n) is 1.84. The van der Waals surface area contributed by atoms with E-state index in [9.17, 15) is 10.1 Å². The first-order valence-corrected chi connectivity index (χ1v) is 6.84. The molecule has 0 spiro atoms. The molecule has 7 nitrogen and oxygen atoms in total. The van der Waals surface area contributed by atoms with Crippen molar-refractivity contribution in [2.24, 2.45) is 0 Å². The van der Waals surface area contributed by atoms with Gasteiger partial charge in [-0.15, -0.1) is 11.3 Å². The van der Waals surface area contributed by atoms with Crippen LogP contribution < -0.4 is 5.32 Å². The third-order valence-corrected chi connectivity index (χ3v) is 3.41. The van der Waals surface area contributed by atoms with E-state index >= 15 is 0 Å². The number of hydrogen-bond donors (Lipinski definition) is 1. The lowest BCUT2D eigenvalue weighted by Crippen LogP contribution is -2.08. The van der Waals surface area contributed by atoms with Crippen LogP contribution in [-0.2, 0) is 13.1 Å². The zero-order chi connectivity index (χ0) is 13.8. The van der Waals surface area contributed by atoms with Crippen molar-refractivity contribution in [2.45, 2.75) is 33.4 Å². The van der Waals surface area contributed by atoms with E-state index in [2.05, 4.69) is 15.4 Å². The van der Waals surface area contributed by atoms with Crippen LogP contribution in [0, 0.1) is 17.0 Å². The summed E-state index contributed by atoms with van der Waals surface area (Å²) in [5.41, 5.74) is 2.23. The van der Waals surface area contributed by atoms with Gasteiger partial charge >= 0.3 is 5.69 Å². The van der Waals surface area contributed by atoms with E-state index in [0.29, 0.717) is 24.6 Å². The van der Waals surface area contributed by atoms with Gasteiger partial charge in [0.2, 0.25) is 5.82 Å². The highest BCUT2D eigenvalue weighted by Crippen LogP contribution is 2.29. The fraction of sp³-hybridized carbons (Fsp3) is 0.455. The third-order valence-electron chi connectivity index (χ3n) is 2.63. The van der Waals surface area contributed by atoms with E-state index in [0.717, 1.165) is 11.3 Å². The zero-order valence-electron chi connectivity index (χ0n) is 10.8. The minimum atomic E-state index is -0.385. The molecule has 1 N–H and O–H groups in total. The highest BCUT2D eigenvalue weighted by atomic mass is 32.1. The number of nitro groups is 1. The number of thiazole rings is 1. The van der Waals surface area contributed by atoms with Crippen molar-refractivity contribution >= 4 is 22.8 Å². The van der Waals surface area contributed by atoms with Gasteiger partial charge in [0.25, 0.3) is 0 Å². The molecule has 2 aromatic heterocycles. The predicted octanol–water partition coefficient (Wildman–Crippen LogP) is 2.58. The van der Waals surface area contributed by atoms with Crippen molar-refractivity contribution in [2.75, 3.05) is 5.32 Å². The second-order valence-corrected chi connectivity index (χ2v) is 5.06. The van der Waals surface area contributed by atoms with Crippen LogP contribution in [0.1, 0.15) is 23.9 Å². The summed E-state index contributed by atoms with van der Waals surface area (Å²) in [6.45, 7) is 4.83. The lowest BCUT2D eigenvalue weighted by atomic mass is 10.3. The quantitative estimate of drug-likeness (QED) is 0.649. The summed E-state index contributed by atoms with van der Waals surface area (Å²) in [5, 5.41) is 18.4. The largest absolute Gasteiger partial charge is 0.360 e. The van der Waals surface area contributed by atoms with Crippen LogP contribution in [0.5, 0.6) is 0 Å². The Kier molecular flexibility index (Phi) is 4.10. The van der Waals surface area contributed by atoms with Gasteiger partial charge in [-0.25, -0.2) is 4.68 Å². The number of rotatable bonds is 6. The number of nitrogens with one attached hydrogen (secondary N) is 1. The summed E-state index contributed by atoms with van der Waals surface area (Å²) in [6, 6.07) is 0. The van der Waals surface area contributed by atoms with Gasteiger partial charge in [0.1, 0.15) is 5.69 Å². The Labute approximate surface area is 114 Å². The molecule has 0 unspecified atom stereocenters. The van der Waals surface area contributed by atoms with E-state index in [-0.39, 0.29) is 10.6 Å². The second kappa shape index (κ2) is 5.79. The monoisotopic (exact) mass is 281 g/mol. The highest BCUT2D eigenvalue weighted by molar-refractivity contribution is 7.09.